The van der Waals surface area contributed by atoms with E-state index in [0.717, 1.165) is 0 Å². The van der Waals surface area contributed by atoms with Gasteiger partial charge >= 0.3 is 0 Å². The minimum atomic E-state index is -0.345. The number of fused-ring (bicyclic) bond motifs is 2. The van der Waals surface area contributed by atoms with E-state index in [9.17, 15) is 9.90 Å². The summed E-state index contributed by atoms with van der Waals surface area (Å²) in [4.78, 5) is 12.4. The monoisotopic (exact) mass is 250 g/mol. The first-order chi connectivity index (χ1) is 9.24. The molecule has 0 aromatic heterocycles. The SMILES string of the molecule is N=Nc1c(=O)c2ccccc2c(O)c2ccccc12. The van der Waals surface area contributed by atoms with E-state index in [2.05, 4.69) is 5.11 Å². The van der Waals surface area contributed by atoms with E-state index < -0.39 is 0 Å². The van der Waals surface area contributed by atoms with Crippen LogP contribution in [0, 0.1) is 5.53 Å². The predicted molar refractivity (Wildman–Crippen MR) is 74.2 cm³/mol. The standard InChI is InChI=1S/C15H10N2O2/c16-17-13-9-5-1-2-6-10(9)14(18)11-7-3-4-8-12(11)15(13)19/h1-8,16,18H. The van der Waals surface area contributed by atoms with Crippen molar-refractivity contribution in [3.63, 3.8) is 0 Å². The molecule has 4 heteroatoms. The maximum absolute atomic E-state index is 12.4. The normalized spacial score (nSPS) is 10.7. The van der Waals surface area contributed by atoms with Gasteiger partial charge in [-0.1, -0.05) is 48.5 Å². The number of hydrogen-bond donors (Lipinski definition) is 2. The van der Waals surface area contributed by atoms with Crippen LogP contribution in [0.1, 0.15) is 0 Å². The van der Waals surface area contributed by atoms with Crippen molar-refractivity contribution in [1.29, 1.82) is 5.53 Å². The molecule has 0 saturated carbocycles. The fourth-order valence-corrected chi connectivity index (χ4v) is 2.29. The van der Waals surface area contributed by atoms with Crippen LogP contribution in [0.3, 0.4) is 0 Å². The molecule has 0 fully saturated rings. The van der Waals surface area contributed by atoms with Crippen LogP contribution in [0.25, 0.3) is 21.5 Å². The van der Waals surface area contributed by atoms with Gasteiger partial charge in [-0.25, -0.2) is 5.53 Å². The molecule has 0 radical (unpaired) electrons. The third-order valence-electron chi connectivity index (χ3n) is 3.19. The summed E-state index contributed by atoms with van der Waals surface area (Å²) in [6.07, 6.45) is 0. The summed E-state index contributed by atoms with van der Waals surface area (Å²) in [5.74, 6) is 0.0400. The molecular formula is C15H10N2O2. The Morgan fingerprint density at radius 2 is 1.32 bits per heavy atom. The van der Waals surface area contributed by atoms with Crippen molar-refractivity contribution in [3.8, 4) is 5.75 Å². The van der Waals surface area contributed by atoms with Gasteiger partial charge in [0.05, 0.1) is 0 Å². The molecule has 0 atom stereocenters. The average molecular weight is 250 g/mol. The van der Waals surface area contributed by atoms with Crippen LogP contribution in [-0.4, -0.2) is 5.11 Å². The third-order valence-corrected chi connectivity index (χ3v) is 3.19. The molecule has 0 bridgehead atoms. The highest BCUT2D eigenvalue weighted by atomic mass is 16.3. The Bertz CT molecular complexity index is 872. The van der Waals surface area contributed by atoms with Crippen molar-refractivity contribution >= 4 is 27.2 Å². The zero-order valence-electron chi connectivity index (χ0n) is 9.92. The van der Waals surface area contributed by atoms with Crippen molar-refractivity contribution < 1.29 is 5.11 Å². The molecule has 92 valence electrons. The molecule has 4 nitrogen and oxygen atoms in total. The van der Waals surface area contributed by atoms with Crippen LogP contribution in [-0.2, 0) is 0 Å². The number of rotatable bonds is 1. The van der Waals surface area contributed by atoms with Gasteiger partial charge in [-0.15, -0.1) is 0 Å². The topological polar surface area (TPSA) is 73.5 Å². The molecule has 0 spiro atoms. The number of nitrogens with one attached hydrogen (secondary N) is 1. The van der Waals surface area contributed by atoms with Gasteiger partial charge in [0.25, 0.3) is 0 Å². The summed E-state index contributed by atoms with van der Waals surface area (Å²) < 4.78 is 0. The van der Waals surface area contributed by atoms with E-state index in [0.29, 0.717) is 21.5 Å². The highest BCUT2D eigenvalue weighted by Gasteiger charge is 2.12. The highest BCUT2D eigenvalue weighted by molar-refractivity contribution is 6.05. The molecule has 3 aromatic carbocycles. The van der Waals surface area contributed by atoms with Crippen LogP contribution in [0.5, 0.6) is 5.75 Å². The van der Waals surface area contributed by atoms with Crippen molar-refractivity contribution in [2.75, 3.05) is 0 Å². The van der Waals surface area contributed by atoms with Crippen molar-refractivity contribution in [2.24, 2.45) is 5.11 Å². The summed E-state index contributed by atoms with van der Waals surface area (Å²) in [6.45, 7) is 0. The number of hydrogen-bond acceptors (Lipinski definition) is 4. The zero-order chi connectivity index (χ0) is 13.4. The van der Waals surface area contributed by atoms with Crippen molar-refractivity contribution in [3.05, 3.63) is 58.8 Å². The van der Waals surface area contributed by atoms with E-state index in [1.165, 1.54) is 0 Å². The van der Waals surface area contributed by atoms with E-state index in [4.69, 9.17) is 5.53 Å². The van der Waals surface area contributed by atoms with Crippen molar-refractivity contribution in [1.82, 2.24) is 0 Å². The Balaban J connectivity index is 2.80. The highest BCUT2D eigenvalue weighted by Crippen LogP contribution is 2.33. The Kier molecular flexibility index (Phi) is 2.49. The molecule has 19 heavy (non-hydrogen) atoms. The molecule has 3 aromatic rings. The van der Waals surface area contributed by atoms with Gasteiger partial charge in [-0.3, -0.25) is 4.79 Å². The van der Waals surface area contributed by atoms with E-state index >= 15 is 0 Å². The lowest BCUT2D eigenvalue weighted by atomic mass is 10.1. The van der Waals surface area contributed by atoms with Gasteiger partial charge in [-0.05, 0) is 0 Å². The minimum absolute atomic E-state index is 0.0400. The maximum Gasteiger partial charge on any atom is 0.214 e. The fraction of sp³-hybridized carbons (Fsp3) is 0. The predicted octanol–water partition coefficient (Wildman–Crippen LogP) is 3.72. The smallest absolute Gasteiger partial charge is 0.214 e. The summed E-state index contributed by atoms with van der Waals surface area (Å²) in [5.41, 5.74) is 6.94. The second-order valence-corrected chi connectivity index (χ2v) is 4.23. The van der Waals surface area contributed by atoms with Gasteiger partial charge in [-0.2, -0.15) is 5.11 Å². The van der Waals surface area contributed by atoms with Crippen LogP contribution >= 0.6 is 0 Å². The summed E-state index contributed by atoms with van der Waals surface area (Å²) in [5, 5.41) is 15.6. The van der Waals surface area contributed by atoms with Crippen molar-refractivity contribution in [2.45, 2.75) is 0 Å². The lowest BCUT2D eigenvalue weighted by molar-refractivity contribution is 0.488. The summed E-state index contributed by atoms with van der Waals surface area (Å²) >= 11 is 0. The Labute approximate surface area is 108 Å². The van der Waals surface area contributed by atoms with E-state index in [1.807, 2.05) is 0 Å². The first kappa shape index (κ1) is 11.3. The Hall–Kier alpha value is -2.75. The molecule has 0 saturated heterocycles. The second-order valence-electron chi connectivity index (χ2n) is 4.23. The van der Waals surface area contributed by atoms with Gasteiger partial charge in [0.2, 0.25) is 5.43 Å². The van der Waals surface area contributed by atoms with E-state index in [1.54, 1.807) is 48.5 Å². The molecular weight excluding hydrogens is 240 g/mol. The summed E-state index contributed by atoms with van der Waals surface area (Å²) in [6, 6.07) is 13.7. The van der Waals surface area contributed by atoms with Gasteiger partial charge in [0.1, 0.15) is 11.4 Å². The number of nitrogens with zero attached hydrogens (tertiary/aromatic N) is 1. The van der Waals surface area contributed by atoms with Crippen LogP contribution in [0.2, 0.25) is 0 Å². The lowest BCUT2D eigenvalue weighted by Crippen LogP contribution is -1.96. The average Bonchev–Trinajstić information content (AvgIpc) is 2.55. The molecule has 0 aliphatic heterocycles. The Morgan fingerprint density at radius 1 is 0.842 bits per heavy atom. The van der Waals surface area contributed by atoms with Crippen LogP contribution in [0.15, 0.2) is 58.4 Å². The third kappa shape index (κ3) is 1.57. The fourth-order valence-electron chi connectivity index (χ4n) is 2.29. The second kappa shape index (κ2) is 4.17. The molecule has 0 amide bonds. The Morgan fingerprint density at radius 3 is 1.89 bits per heavy atom. The first-order valence-corrected chi connectivity index (χ1v) is 5.78. The molecule has 0 aliphatic rings. The minimum Gasteiger partial charge on any atom is -0.507 e. The molecule has 0 aliphatic carbocycles. The largest absolute Gasteiger partial charge is 0.507 e. The summed E-state index contributed by atoms with van der Waals surface area (Å²) in [7, 11) is 0. The van der Waals surface area contributed by atoms with Gasteiger partial charge < -0.3 is 5.11 Å². The van der Waals surface area contributed by atoms with Crippen LogP contribution < -0.4 is 5.43 Å². The first-order valence-electron chi connectivity index (χ1n) is 5.78. The molecule has 2 N–H and O–H groups in total. The van der Waals surface area contributed by atoms with Crippen LogP contribution in [0.4, 0.5) is 5.69 Å². The molecule has 0 heterocycles. The van der Waals surface area contributed by atoms with Gasteiger partial charge in [0.15, 0.2) is 0 Å². The number of benzene rings is 2. The lowest BCUT2D eigenvalue weighted by Gasteiger charge is -1.97. The van der Waals surface area contributed by atoms with Gasteiger partial charge in [0, 0.05) is 21.5 Å². The quantitative estimate of drug-likeness (QED) is 0.646. The zero-order valence-corrected chi connectivity index (χ0v) is 9.92. The molecule has 0 unspecified atom stereocenters. The number of aromatic hydroxyl groups is 1. The maximum atomic E-state index is 12.4. The van der Waals surface area contributed by atoms with E-state index in [-0.39, 0.29) is 16.9 Å². The molecule has 3 rings (SSSR count).